The van der Waals surface area contributed by atoms with Gasteiger partial charge in [-0.2, -0.15) is 0 Å². The van der Waals surface area contributed by atoms with E-state index in [9.17, 15) is 4.79 Å². The first-order valence-electron chi connectivity index (χ1n) is 5.43. The molecular formula is C13H14N2O2. The lowest BCUT2D eigenvalue weighted by molar-refractivity contribution is -0.137. The van der Waals surface area contributed by atoms with Crippen LogP contribution in [0.15, 0.2) is 30.5 Å². The van der Waals surface area contributed by atoms with Crippen molar-refractivity contribution in [2.24, 2.45) is 0 Å². The summed E-state index contributed by atoms with van der Waals surface area (Å²) < 4.78 is 0. The van der Waals surface area contributed by atoms with Crippen LogP contribution in [0.5, 0.6) is 0 Å². The van der Waals surface area contributed by atoms with Crippen LogP contribution in [0.2, 0.25) is 0 Å². The predicted octanol–water partition coefficient (Wildman–Crippen LogP) is 2.43. The molecule has 0 radical (unpaired) electrons. The Kier molecular flexibility index (Phi) is 2.95. The molecule has 0 aliphatic heterocycles. The van der Waals surface area contributed by atoms with Crippen LogP contribution < -0.4 is 5.32 Å². The number of carbonyl (C=O) groups is 1. The van der Waals surface area contributed by atoms with Crippen molar-refractivity contribution >= 4 is 22.6 Å². The number of nitrogens with one attached hydrogen (secondary N) is 1. The average molecular weight is 230 g/mol. The van der Waals surface area contributed by atoms with Crippen LogP contribution in [0, 0.1) is 6.92 Å². The number of fused-ring (bicyclic) bond motifs is 1. The minimum absolute atomic E-state index is 0.612. The van der Waals surface area contributed by atoms with E-state index in [2.05, 4.69) is 10.3 Å². The lowest BCUT2D eigenvalue weighted by Crippen LogP contribution is -2.25. The SMILES string of the molecule is Cc1cccc2c(NC(C)C(=O)O)nccc12. The first-order chi connectivity index (χ1) is 8.09. The molecule has 0 spiro atoms. The Morgan fingerprint density at radius 3 is 2.82 bits per heavy atom. The first-order valence-corrected chi connectivity index (χ1v) is 5.43. The number of benzene rings is 1. The second-order valence-corrected chi connectivity index (χ2v) is 4.03. The molecule has 0 fully saturated rings. The summed E-state index contributed by atoms with van der Waals surface area (Å²) in [5.74, 6) is -0.280. The third-order valence-electron chi connectivity index (χ3n) is 2.75. The van der Waals surface area contributed by atoms with Gasteiger partial charge in [0, 0.05) is 11.6 Å². The summed E-state index contributed by atoms with van der Waals surface area (Å²) in [6, 6.07) is 7.17. The molecule has 17 heavy (non-hydrogen) atoms. The van der Waals surface area contributed by atoms with Gasteiger partial charge in [0.2, 0.25) is 0 Å². The highest BCUT2D eigenvalue weighted by Gasteiger charge is 2.12. The van der Waals surface area contributed by atoms with Gasteiger partial charge >= 0.3 is 5.97 Å². The van der Waals surface area contributed by atoms with Gasteiger partial charge in [-0.25, -0.2) is 4.98 Å². The van der Waals surface area contributed by atoms with E-state index >= 15 is 0 Å². The standard InChI is InChI=1S/C13H14N2O2/c1-8-4-3-5-11-10(8)6-7-14-12(11)15-9(2)13(16)17/h3-7,9H,1-2H3,(H,14,15)(H,16,17). The second kappa shape index (κ2) is 4.41. The molecule has 2 N–H and O–H groups in total. The number of nitrogens with zero attached hydrogens (tertiary/aromatic N) is 1. The lowest BCUT2D eigenvalue weighted by Gasteiger charge is -2.12. The molecule has 2 aromatic rings. The van der Waals surface area contributed by atoms with Crippen LogP contribution >= 0.6 is 0 Å². The number of aromatic nitrogens is 1. The number of carboxylic acid groups (broad SMARTS) is 1. The van der Waals surface area contributed by atoms with Crippen molar-refractivity contribution in [3.05, 3.63) is 36.0 Å². The highest BCUT2D eigenvalue weighted by Crippen LogP contribution is 2.23. The van der Waals surface area contributed by atoms with Crippen LogP contribution in [0.1, 0.15) is 12.5 Å². The van der Waals surface area contributed by atoms with Gasteiger partial charge in [-0.05, 0) is 30.9 Å². The molecular weight excluding hydrogens is 216 g/mol. The molecule has 88 valence electrons. The van der Waals surface area contributed by atoms with Crippen molar-refractivity contribution < 1.29 is 9.90 Å². The molecule has 4 nitrogen and oxygen atoms in total. The number of anilines is 1. The monoisotopic (exact) mass is 230 g/mol. The summed E-state index contributed by atoms with van der Waals surface area (Å²) in [7, 11) is 0. The zero-order valence-electron chi connectivity index (χ0n) is 9.77. The Bertz CT molecular complexity index is 566. The van der Waals surface area contributed by atoms with Gasteiger partial charge in [-0.1, -0.05) is 18.2 Å². The van der Waals surface area contributed by atoms with E-state index < -0.39 is 12.0 Å². The number of rotatable bonds is 3. The number of carboxylic acids is 1. The van der Waals surface area contributed by atoms with E-state index in [1.54, 1.807) is 13.1 Å². The quantitative estimate of drug-likeness (QED) is 0.850. The fourth-order valence-corrected chi connectivity index (χ4v) is 1.75. The van der Waals surface area contributed by atoms with Crippen molar-refractivity contribution in [1.29, 1.82) is 0 Å². The molecule has 0 saturated heterocycles. The predicted molar refractivity (Wildman–Crippen MR) is 67.2 cm³/mol. The molecule has 2 rings (SSSR count). The Labute approximate surface area is 99.3 Å². The van der Waals surface area contributed by atoms with Crippen LogP contribution in [0.4, 0.5) is 5.82 Å². The van der Waals surface area contributed by atoms with Crippen LogP contribution in [0.25, 0.3) is 10.8 Å². The Morgan fingerprint density at radius 2 is 2.12 bits per heavy atom. The van der Waals surface area contributed by atoms with Crippen molar-refractivity contribution in [3.63, 3.8) is 0 Å². The molecule has 1 heterocycles. The summed E-state index contributed by atoms with van der Waals surface area (Å²) in [6.45, 7) is 3.62. The van der Waals surface area contributed by atoms with E-state index in [-0.39, 0.29) is 0 Å². The molecule has 0 amide bonds. The Morgan fingerprint density at radius 1 is 1.35 bits per heavy atom. The van der Waals surface area contributed by atoms with Gasteiger partial charge in [0.15, 0.2) is 0 Å². The maximum Gasteiger partial charge on any atom is 0.325 e. The molecule has 0 saturated carbocycles. The average Bonchev–Trinajstić information content (AvgIpc) is 2.30. The molecule has 1 aromatic carbocycles. The maximum absolute atomic E-state index is 10.8. The molecule has 0 aliphatic rings. The van der Waals surface area contributed by atoms with E-state index in [0.29, 0.717) is 5.82 Å². The van der Waals surface area contributed by atoms with Crippen molar-refractivity contribution in [2.75, 3.05) is 5.32 Å². The summed E-state index contributed by atoms with van der Waals surface area (Å²) in [5.41, 5.74) is 1.15. The number of hydrogen-bond donors (Lipinski definition) is 2. The van der Waals surface area contributed by atoms with Gasteiger partial charge in [-0.3, -0.25) is 4.79 Å². The van der Waals surface area contributed by atoms with Gasteiger partial charge in [-0.15, -0.1) is 0 Å². The van der Waals surface area contributed by atoms with Crippen LogP contribution in [0.3, 0.4) is 0 Å². The van der Waals surface area contributed by atoms with Crippen LogP contribution in [-0.2, 0) is 4.79 Å². The third-order valence-corrected chi connectivity index (χ3v) is 2.75. The summed E-state index contributed by atoms with van der Waals surface area (Å²) in [5, 5.41) is 13.8. The highest BCUT2D eigenvalue weighted by molar-refractivity contribution is 5.94. The third kappa shape index (κ3) is 2.20. The molecule has 1 atom stereocenters. The zero-order chi connectivity index (χ0) is 12.4. The van der Waals surface area contributed by atoms with E-state index in [0.717, 1.165) is 16.3 Å². The Hall–Kier alpha value is -2.10. The van der Waals surface area contributed by atoms with Crippen molar-refractivity contribution in [1.82, 2.24) is 4.98 Å². The molecule has 0 aliphatic carbocycles. The minimum atomic E-state index is -0.892. The molecule has 4 heteroatoms. The van der Waals surface area contributed by atoms with Gasteiger partial charge in [0.25, 0.3) is 0 Å². The highest BCUT2D eigenvalue weighted by atomic mass is 16.4. The summed E-state index contributed by atoms with van der Waals surface area (Å²) in [4.78, 5) is 15.0. The van der Waals surface area contributed by atoms with E-state index in [1.807, 2.05) is 31.2 Å². The fourth-order valence-electron chi connectivity index (χ4n) is 1.75. The zero-order valence-corrected chi connectivity index (χ0v) is 9.77. The van der Waals surface area contributed by atoms with Crippen molar-refractivity contribution in [2.45, 2.75) is 19.9 Å². The number of aryl methyl sites for hydroxylation is 1. The van der Waals surface area contributed by atoms with Crippen molar-refractivity contribution in [3.8, 4) is 0 Å². The van der Waals surface area contributed by atoms with E-state index in [1.165, 1.54) is 0 Å². The molecule has 0 bridgehead atoms. The lowest BCUT2D eigenvalue weighted by atomic mass is 10.1. The second-order valence-electron chi connectivity index (χ2n) is 4.03. The summed E-state index contributed by atoms with van der Waals surface area (Å²) in [6.07, 6.45) is 1.69. The van der Waals surface area contributed by atoms with Gasteiger partial charge < -0.3 is 10.4 Å². The normalized spacial score (nSPS) is 12.4. The maximum atomic E-state index is 10.8. The van der Waals surface area contributed by atoms with E-state index in [4.69, 9.17) is 5.11 Å². The van der Waals surface area contributed by atoms with Crippen LogP contribution in [-0.4, -0.2) is 22.1 Å². The van der Waals surface area contributed by atoms with Gasteiger partial charge in [0.1, 0.15) is 11.9 Å². The molecule has 1 unspecified atom stereocenters. The number of pyridine rings is 1. The fraction of sp³-hybridized carbons (Fsp3) is 0.231. The van der Waals surface area contributed by atoms with Gasteiger partial charge in [0.05, 0.1) is 0 Å². The largest absolute Gasteiger partial charge is 0.480 e. The smallest absolute Gasteiger partial charge is 0.325 e. The molecule has 1 aromatic heterocycles. The topological polar surface area (TPSA) is 62.2 Å². The Balaban J connectivity index is 2.48. The number of hydrogen-bond acceptors (Lipinski definition) is 3. The minimum Gasteiger partial charge on any atom is -0.480 e. The summed E-state index contributed by atoms with van der Waals surface area (Å²) >= 11 is 0. The number of aliphatic carboxylic acids is 1. The first kappa shape index (κ1) is 11.4.